The van der Waals surface area contributed by atoms with Crippen LogP contribution in [0.4, 0.5) is 0 Å². The van der Waals surface area contributed by atoms with Crippen molar-refractivity contribution in [1.82, 2.24) is 4.98 Å². The molecule has 1 aromatic heterocycles. The Morgan fingerprint density at radius 2 is 1.70 bits per heavy atom. The molecule has 0 bridgehead atoms. The highest BCUT2D eigenvalue weighted by molar-refractivity contribution is 6.74. The Morgan fingerprint density at radius 1 is 1.06 bits per heavy atom. The summed E-state index contributed by atoms with van der Waals surface area (Å²) in [7, 11) is -2.10. The van der Waals surface area contributed by atoms with Crippen molar-refractivity contribution in [3.8, 4) is 0 Å². The zero-order valence-corrected chi connectivity index (χ0v) is 21.3. The van der Waals surface area contributed by atoms with Crippen LogP contribution in [-0.2, 0) is 20.3 Å². The summed E-state index contributed by atoms with van der Waals surface area (Å²) in [5.74, 6) is -1.24. The third-order valence-electron chi connectivity index (χ3n) is 7.51. The van der Waals surface area contributed by atoms with E-state index < -0.39 is 20.2 Å². The zero-order valence-electron chi connectivity index (χ0n) is 20.3. The van der Waals surface area contributed by atoms with Gasteiger partial charge in [0.25, 0.3) is 0 Å². The number of ketones is 2. The Kier molecular flexibility index (Phi) is 4.90. The fraction of sp³-hybridized carbons (Fsp3) is 0.500. The number of hydrogen-bond donors (Lipinski definition) is 0. The maximum Gasteiger partial charge on any atom is 0.212 e. The lowest BCUT2D eigenvalue weighted by atomic mass is 9.77. The highest BCUT2D eigenvalue weighted by Gasteiger charge is 2.54. The van der Waals surface area contributed by atoms with Crippen molar-refractivity contribution >= 4 is 19.9 Å². The molecule has 1 fully saturated rings. The molecular formula is C26H31NO5Si. The molecular weight excluding hydrogens is 434 g/mol. The van der Waals surface area contributed by atoms with Crippen LogP contribution in [-0.4, -0.2) is 42.9 Å². The first kappa shape index (κ1) is 22.6. The van der Waals surface area contributed by atoms with Crippen molar-refractivity contribution in [2.75, 3.05) is 0 Å². The van der Waals surface area contributed by atoms with Gasteiger partial charge in [0.2, 0.25) is 5.78 Å². The molecule has 1 aromatic carbocycles. The summed E-state index contributed by atoms with van der Waals surface area (Å²) in [6.07, 6.45) is 1.20. The van der Waals surface area contributed by atoms with Crippen molar-refractivity contribution in [3.63, 3.8) is 0 Å². The third kappa shape index (κ3) is 3.44. The third-order valence-corrected chi connectivity index (χ3v) is 12.0. The molecule has 1 saturated heterocycles. The Morgan fingerprint density at radius 3 is 2.33 bits per heavy atom. The molecule has 0 N–H and O–H groups in total. The van der Waals surface area contributed by atoms with Gasteiger partial charge in [0.05, 0.1) is 11.7 Å². The number of fused-ring (bicyclic) bond motifs is 6. The number of ether oxygens (including phenoxy) is 2. The average Bonchev–Trinajstić information content (AvgIpc) is 3.06. The molecule has 174 valence electrons. The number of hydrogen-bond acceptors (Lipinski definition) is 6. The molecule has 0 unspecified atom stereocenters. The SMILES string of the molecule is CC1(C)O[C@@H]2[C@H](O1)c1c(cnc3c1C(=O)c1ccccc1C3=O)C[C@H]2O[Si](C)(C)C(C)(C)C. The highest BCUT2D eigenvalue weighted by atomic mass is 28.4. The van der Waals surface area contributed by atoms with E-state index in [2.05, 4.69) is 38.8 Å². The predicted molar refractivity (Wildman–Crippen MR) is 126 cm³/mol. The first-order valence-electron chi connectivity index (χ1n) is 11.5. The Bertz CT molecular complexity index is 1180. The second-order valence-electron chi connectivity index (χ2n) is 11.3. The van der Waals surface area contributed by atoms with E-state index in [1.807, 2.05) is 13.8 Å². The summed E-state index contributed by atoms with van der Waals surface area (Å²) in [5, 5.41) is 0.0396. The van der Waals surface area contributed by atoms with Crippen LogP contribution in [0.15, 0.2) is 30.5 Å². The zero-order chi connectivity index (χ0) is 23.9. The second kappa shape index (κ2) is 7.15. The topological polar surface area (TPSA) is 74.7 Å². The number of aromatic nitrogens is 1. The van der Waals surface area contributed by atoms with Crippen LogP contribution in [0.2, 0.25) is 18.1 Å². The normalized spacial score (nSPS) is 25.8. The van der Waals surface area contributed by atoms with Gasteiger partial charge in [0, 0.05) is 29.3 Å². The molecule has 3 aliphatic rings. The average molecular weight is 466 g/mol. The number of nitrogens with zero attached hydrogens (tertiary/aromatic N) is 1. The molecule has 6 nitrogen and oxygen atoms in total. The lowest BCUT2D eigenvalue weighted by Crippen LogP contribution is -2.50. The van der Waals surface area contributed by atoms with Gasteiger partial charge < -0.3 is 13.9 Å². The molecule has 0 amide bonds. The first-order chi connectivity index (χ1) is 15.3. The lowest BCUT2D eigenvalue weighted by Gasteiger charge is -2.43. The maximum absolute atomic E-state index is 13.6. The summed E-state index contributed by atoms with van der Waals surface area (Å²) in [4.78, 5) is 31.3. The van der Waals surface area contributed by atoms with Gasteiger partial charge in [-0.1, -0.05) is 45.0 Å². The van der Waals surface area contributed by atoms with Crippen LogP contribution in [0.5, 0.6) is 0 Å². The monoisotopic (exact) mass is 465 g/mol. The lowest BCUT2D eigenvalue weighted by molar-refractivity contribution is -0.153. The molecule has 5 rings (SSSR count). The molecule has 1 aliphatic heterocycles. The second-order valence-corrected chi connectivity index (χ2v) is 16.0. The number of rotatable bonds is 2. The summed E-state index contributed by atoms with van der Waals surface area (Å²) in [6, 6.07) is 6.94. The Labute approximate surface area is 195 Å². The predicted octanol–water partition coefficient (Wildman–Crippen LogP) is 5.00. The van der Waals surface area contributed by atoms with E-state index in [0.29, 0.717) is 23.1 Å². The number of pyridine rings is 1. The minimum atomic E-state index is -2.10. The fourth-order valence-electron chi connectivity index (χ4n) is 4.88. The van der Waals surface area contributed by atoms with Crippen molar-refractivity contribution < 1.29 is 23.5 Å². The van der Waals surface area contributed by atoms with E-state index in [1.165, 1.54) is 0 Å². The smallest absolute Gasteiger partial charge is 0.212 e. The van der Waals surface area contributed by atoms with Crippen LogP contribution in [0.25, 0.3) is 0 Å². The van der Waals surface area contributed by atoms with Gasteiger partial charge in [0.15, 0.2) is 19.9 Å². The highest BCUT2D eigenvalue weighted by Crippen LogP contribution is 2.49. The fourth-order valence-corrected chi connectivity index (χ4v) is 6.20. The van der Waals surface area contributed by atoms with Gasteiger partial charge >= 0.3 is 0 Å². The van der Waals surface area contributed by atoms with Crippen molar-refractivity contribution in [2.45, 2.75) is 83.3 Å². The largest absolute Gasteiger partial charge is 0.411 e. The quantitative estimate of drug-likeness (QED) is 0.496. The van der Waals surface area contributed by atoms with E-state index >= 15 is 0 Å². The summed E-state index contributed by atoms with van der Waals surface area (Å²) < 4.78 is 19.5. The minimum Gasteiger partial charge on any atom is -0.411 e. The first-order valence-corrected chi connectivity index (χ1v) is 14.5. The molecule has 33 heavy (non-hydrogen) atoms. The van der Waals surface area contributed by atoms with Crippen LogP contribution < -0.4 is 0 Å². The number of carbonyl (C=O) groups excluding carboxylic acids is 2. The van der Waals surface area contributed by atoms with E-state index in [1.54, 1.807) is 30.5 Å². The maximum atomic E-state index is 13.6. The summed E-state index contributed by atoms with van der Waals surface area (Å²) in [6.45, 7) is 14.8. The van der Waals surface area contributed by atoms with Gasteiger partial charge in [-0.25, -0.2) is 0 Å². The Hall–Kier alpha value is -2.19. The minimum absolute atomic E-state index is 0.0396. The van der Waals surface area contributed by atoms with Gasteiger partial charge in [-0.2, -0.15) is 0 Å². The molecule has 2 aromatic rings. The molecule has 2 aliphatic carbocycles. The standard InChI is InChI=1S/C26H31NO5Si/c1-25(2,3)33(6,7)32-17-12-14-13-27-20-19(18(14)24-23(17)30-26(4,5)31-24)21(28)15-10-8-9-11-16(15)22(20)29/h8-11,13,17,23-24H,12H2,1-7H3/t17-,23+,24-/m1/s1. The van der Waals surface area contributed by atoms with E-state index in [9.17, 15) is 9.59 Å². The van der Waals surface area contributed by atoms with E-state index in [-0.39, 0.29) is 34.5 Å². The van der Waals surface area contributed by atoms with E-state index in [0.717, 1.165) is 11.1 Å². The van der Waals surface area contributed by atoms with Crippen LogP contribution in [0.3, 0.4) is 0 Å². The summed E-state index contributed by atoms with van der Waals surface area (Å²) >= 11 is 0. The molecule has 0 saturated carbocycles. The molecule has 0 spiro atoms. The van der Waals surface area contributed by atoms with Crippen LogP contribution in [0, 0.1) is 0 Å². The number of benzene rings is 1. The van der Waals surface area contributed by atoms with Crippen LogP contribution in [0.1, 0.15) is 83.8 Å². The number of carbonyl (C=O) groups is 2. The van der Waals surface area contributed by atoms with Gasteiger partial charge in [-0.3, -0.25) is 14.6 Å². The molecule has 0 radical (unpaired) electrons. The summed E-state index contributed by atoms with van der Waals surface area (Å²) in [5.41, 5.74) is 3.00. The Balaban J connectivity index is 1.64. The van der Waals surface area contributed by atoms with Gasteiger partial charge in [-0.15, -0.1) is 0 Å². The van der Waals surface area contributed by atoms with Crippen molar-refractivity contribution in [2.24, 2.45) is 0 Å². The molecule has 3 atom stereocenters. The van der Waals surface area contributed by atoms with Gasteiger partial charge in [0.1, 0.15) is 17.9 Å². The van der Waals surface area contributed by atoms with Crippen LogP contribution >= 0.6 is 0 Å². The molecule has 7 heteroatoms. The van der Waals surface area contributed by atoms with E-state index in [4.69, 9.17) is 13.9 Å². The van der Waals surface area contributed by atoms with Crippen molar-refractivity contribution in [1.29, 1.82) is 0 Å². The molecule has 2 heterocycles. The van der Waals surface area contributed by atoms with Crippen molar-refractivity contribution in [3.05, 3.63) is 64.0 Å². The van der Waals surface area contributed by atoms with Gasteiger partial charge in [-0.05, 0) is 37.5 Å².